The number of hydrogen-bond acceptors (Lipinski definition) is 3. The SMILES string of the molecule is Cc1cc(-c2nc(=S)o[nH]2)cc(C)c1Br. The van der Waals surface area contributed by atoms with E-state index >= 15 is 0 Å². The molecule has 1 N–H and O–H groups in total. The molecule has 0 aliphatic heterocycles. The highest BCUT2D eigenvalue weighted by molar-refractivity contribution is 9.10. The summed E-state index contributed by atoms with van der Waals surface area (Å²) in [4.78, 5) is 4.30. The number of halogens is 1. The van der Waals surface area contributed by atoms with Crippen LogP contribution in [-0.4, -0.2) is 10.1 Å². The Hall–Kier alpha value is -0.940. The lowest BCUT2D eigenvalue weighted by molar-refractivity contribution is 0.406. The van der Waals surface area contributed by atoms with E-state index in [-0.39, 0.29) is 4.84 Å². The van der Waals surface area contributed by atoms with Gasteiger partial charge in [-0.2, -0.15) is 4.98 Å². The van der Waals surface area contributed by atoms with Gasteiger partial charge in [0.2, 0.25) is 0 Å². The van der Waals surface area contributed by atoms with Crippen LogP contribution in [0, 0.1) is 18.7 Å². The second-order valence-corrected chi connectivity index (χ2v) is 4.50. The van der Waals surface area contributed by atoms with Crippen LogP contribution in [0.25, 0.3) is 11.4 Å². The van der Waals surface area contributed by atoms with Gasteiger partial charge in [-0.15, -0.1) is 0 Å². The molecule has 15 heavy (non-hydrogen) atoms. The van der Waals surface area contributed by atoms with Gasteiger partial charge in [0.25, 0.3) is 0 Å². The highest BCUT2D eigenvalue weighted by Crippen LogP contribution is 2.26. The van der Waals surface area contributed by atoms with Crippen LogP contribution in [0.4, 0.5) is 0 Å². The summed E-state index contributed by atoms with van der Waals surface area (Å²) in [6.45, 7) is 4.07. The average Bonchev–Trinajstić information content (AvgIpc) is 2.60. The van der Waals surface area contributed by atoms with Crippen molar-refractivity contribution in [3.8, 4) is 11.4 Å². The molecule has 1 aromatic heterocycles. The molecule has 2 rings (SSSR count). The van der Waals surface area contributed by atoms with Crippen molar-refractivity contribution in [3.63, 3.8) is 0 Å². The maximum absolute atomic E-state index is 4.90. The van der Waals surface area contributed by atoms with Gasteiger partial charge in [0.15, 0.2) is 5.82 Å². The van der Waals surface area contributed by atoms with Crippen molar-refractivity contribution < 1.29 is 4.52 Å². The van der Waals surface area contributed by atoms with Gasteiger partial charge in [-0.3, -0.25) is 0 Å². The molecule has 0 aliphatic carbocycles. The van der Waals surface area contributed by atoms with E-state index in [1.54, 1.807) is 0 Å². The Balaban J connectivity index is 2.59. The van der Waals surface area contributed by atoms with Gasteiger partial charge >= 0.3 is 4.84 Å². The van der Waals surface area contributed by atoms with Crippen LogP contribution >= 0.6 is 28.1 Å². The molecule has 0 saturated heterocycles. The Morgan fingerprint density at radius 1 is 1.33 bits per heavy atom. The number of rotatable bonds is 1. The molecule has 2 aromatic rings. The molecule has 0 spiro atoms. The van der Waals surface area contributed by atoms with Crippen molar-refractivity contribution in [2.45, 2.75) is 13.8 Å². The number of benzene rings is 1. The molecule has 1 heterocycles. The second-order valence-electron chi connectivity index (χ2n) is 3.35. The summed E-state index contributed by atoms with van der Waals surface area (Å²) >= 11 is 8.32. The summed E-state index contributed by atoms with van der Waals surface area (Å²) in [6.07, 6.45) is 0. The van der Waals surface area contributed by atoms with E-state index in [1.165, 1.54) is 0 Å². The van der Waals surface area contributed by atoms with Crippen molar-refractivity contribution in [1.82, 2.24) is 10.1 Å². The van der Waals surface area contributed by atoms with Crippen LogP contribution in [0.3, 0.4) is 0 Å². The number of H-pyrrole nitrogens is 1. The predicted octanol–water partition coefficient (Wildman–Crippen LogP) is 3.78. The molecule has 1 aromatic carbocycles. The minimum atomic E-state index is 0.225. The third kappa shape index (κ3) is 2.03. The minimum Gasteiger partial charge on any atom is -0.348 e. The van der Waals surface area contributed by atoms with Gasteiger partial charge in [0.05, 0.1) is 0 Å². The van der Waals surface area contributed by atoms with Crippen LogP contribution in [0.1, 0.15) is 11.1 Å². The standard InChI is InChI=1S/C10H9BrN2OS/c1-5-3-7(4-6(2)8(5)11)9-12-10(15)14-13-9/h3-4H,1-2H3,(H,12,13,15). The van der Waals surface area contributed by atoms with Crippen LogP contribution < -0.4 is 0 Å². The summed E-state index contributed by atoms with van der Waals surface area (Å²) in [5, 5.41) is 2.69. The Labute approximate surface area is 101 Å². The molecule has 0 fully saturated rings. The summed E-state index contributed by atoms with van der Waals surface area (Å²) in [6, 6.07) is 4.06. The van der Waals surface area contributed by atoms with E-state index in [2.05, 4.69) is 26.1 Å². The van der Waals surface area contributed by atoms with Gasteiger partial charge in [0, 0.05) is 10.0 Å². The predicted molar refractivity (Wildman–Crippen MR) is 64.3 cm³/mol. The van der Waals surface area contributed by atoms with Crippen molar-refractivity contribution in [1.29, 1.82) is 0 Å². The fourth-order valence-electron chi connectivity index (χ4n) is 1.44. The maximum atomic E-state index is 4.90. The first-order valence-electron chi connectivity index (χ1n) is 4.40. The molecular formula is C10H9BrN2OS. The number of nitrogens with zero attached hydrogens (tertiary/aromatic N) is 1. The molecule has 0 radical (unpaired) electrons. The van der Waals surface area contributed by atoms with Crippen LogP contribution in [0.2, 0.25) is 0 Å². The van der Waals surface area contributed by atoms with E-state index < -0.39 is 0 Å². The Bertz CT molecular complexity index is 536. The fraction of sp³-hybridized carbons (Fsp3) is 0.200. The highest BCUT2D eigenvalue weighted by Gasteiger charge is 2.07. The van der Waals surface area contributed by atoms with Gasteiger partial charge in [0.1, 0.15) is 0 Å². The molecule has 3 nitrogen and oxygen atoms in total. The van der Waals surface area contributed by atoms with Gasteiger partial charge in [-0.1, -0.05) is 15.9 Å². The molecule has 0 unspecified atom stereocenters. The number of aromatic amines is 1. The van der Waals surface area contributed by atoms with Crippen LogP contribution in [0.5, 0.6) is 0 Å². The van der Waals surface area contributed by atoms with E-state index in [0.29, 0.717) is 5.82 Å². The molecule has 0 aliphatic rings. The van der Waals surface area contributed by atoms with E-state index in [4.69, 9.17) is 16.7 Å². The van der Waals surface area contributed by atoms with E-state index in [9.17, 15) is 0 Å². The van der Waals surface area contributed by atoms with Gasteiger partial charge in [-0.25, -0.2) is 5.16 Å². The van der Waals surface area contributed by atoms with Crippen molar-refractivity contribution in [2.24, 2.45) is 0 Å². The first-order valence-corrected chi connectivity index (χ1v) is 5.60. The summed E-state index contributed by atoms with van der Waals surface area (Å²) in [5.41, 5.74) is 3.30. The zero-order valence-corrected chi connectivity index (χ0v) is 10.7. The summed E-state index contributed by atoms with van der Waals surface area (Å²) in [7, 11) is 0. The number of nitrogens with one attached hydrogen (secondary N) is 1. The van der Waals surface area contributed by atoms with Gasteiger partial charge < -0.3 is 4.52 Å². The van der Waals surface area contributed by atoms with Crippen LogP contribution in [-0.2, 0) is 0 Å². The maximum Gasteiger partial charge on any atom is 0.314 e. The quantitative estimate of drug-likeness (QED) is 0.811. The average molecular weight is 285 g/mol. The number of hydrogen-bond donors (Lipinski definition) is 1. The topological polar surface area (TPSA) is 41.8 Å². The summed E-state index contributed by atoms with van der Waals surface area (Å²) in [5.74, 6) is 0.665. The molecule has 0 bridgehead atoms. The Kier molecular flexibility index (Phi) is 2.75. The van der Waals surface area contributed by atoms with E-state index in [1.807, 2.05) is 26.0 Å². The lowest BCUT2D eigenvalue weighted by atomic mass is 10.1. The van der Waals surface area contributed by atoms with Gasteiger partial charge in [-0.05, 0) is 49.3 Å². The third-order valence-corrected chi connectivity index (χ3v) is 3.57. The molecule has 78 valence electrons. The molecule has 0 atom stereocenters. The molecule has 0 saturated carbocycles. The van der Waals surface area contributed by atoms with Crippen molar-refractivity contribution >= 4 is 28.1 Å². The zero-order chi connectivity index (χ0) is 11.0. The summed E-state index contributed by atoms with van der Waals surface area (Å²) < 4.78 is 6.01. The third-order valence-electron chi connectivity index (χ3n) is 2.15. The smallest absolute Gasteiger partial charge is 0.314 e. The number of aryl methyl sites for hydroxylation is 2. The van der Waals surface area contributed by atoms with E-state index in [0.717, 1.165) is 21.2 Å². The number of aromatic nitrogens is 2. The lowest BCUT2D eigenvalue weighted by Crippen LogP contribution is -1.87. The zero-order valence-electron chi connectivity index (χ0n) is 8.30. The Morgan fingerprint density at radius 2 is 1.93 bits per heavy atom. The monoisotopic (exact) mass is 284 g/mol. The normalized spacial score (nSPS) is 10.6. The van der Waals surface area contributed by atoms with Crippen molar-refractivity contribution in [2.75, 3.05) is 0 Å². The first kappa shape index (κ1) is 10.6. The second kappa shape index (κ2) is 3.90. The lowest BCUT2D eigenvalue weighted by Gasteiger charge is -2.04. The molecule has 5 heteroatoms. The molecular weight excluding hydrogens is 276 g/mol. The fourth-order valence-corrected chi connectivity index (χ4v) is 1.80. The largest absolute Gasteiger partial charge is 0.348 e. The van der Waals surface area contributed by atoms with Crippen molar-refractivity contribution in [3.05, 3.63) is 32.6 Å². The highest BCUT2D eigenvalue weighted by atomic mass is 79.9. The Morgan fingerprint density at radius 3 is 2.40 bits per heavy atom. The van der Waals surface area contributed by atoms with Crippen LogP contribution in [0.15, 0.2) is 21.1 Å². The minimum absolute atomic E-state index is 0.225. The first-order chi connectivity index (χ1) is 7.08. The molecule has 0 amide bonds.